The molecule has 2 aliphatic rings. The third kappa shape index (κ3) is 1.63. The lowest BCUT2D eigenvalue weighted by Crippen LogP contribution is -2.00. The standard InChI is InChI=1S/C14H14O3/c15-8-11(16)7-10-2-1-9-3-4-13-12(14(9)10)5-6-17-13/h3-4,10,16H,1-2,5-7H2/t10-/m0/s1. The van der Waals surface area contributed by atoms with Gasteiger partial charge in [0, 0.05) is 18.4 Å². The Morgan fingerprint density at radius 2 is 2.35 bits per heavy atom. The highest BCUT2D eigenvalue weighted by atomic mass is 16.5. The van der Waals surface area contributed by atoms with Crippen LogP contribution in [0.1, 0.15) is 35.4 Å². The second-order valence-electron chi connectivity index (χ2n) is 4.70. The molecule has 0 spiro atoms. The van der Waals surface area contributed by atoms with Crippen LogP contribution in [-0.2, 0) is 17.6 Å². The smallest absolute Gasteiger partial charge is 0.177 e. The Morgan fingerprint density at radius 1 is 1.47 bits per heavy atom. The molecule has 17 heavy (non-hydrogen) atoms. The molecule has 3 nitrogen and oxygen atoms in total. The van der Waals surface area contributed by atoms with Crippen molar-refractivity contribution < 1.29 is 14.6 Å². The van der Waals surface area contributed by atoms with E-state index in [1.807, 2.05) is 6.07 Å². The zero-order valence-electron chi connectivity index (χ0n) is 9.53. The number of hydrogen-bond donors (Lipinski definition) is 1. The Labute approximate surface area is 99.7 Å². The fraction of sp³-hybridized carbons (Fsp3) is 0.429. The quantitative estimate of drug-likeness (QED) is 0.626. The van der Waals surface area contributed by atoms with E-state index in [0.29, 0.717) is 6.42 Å². The number of fused-ring (bicyclic) bond motifs is 3. The average molecular weight is 230 g/mol. The van der Waals surface area contributed by atoms with Crippen molar-refractivity contribution in [3.05, 3.63) is 34.6 Å². The average Bonchev–Trinajstić information content (AvgIpc) is 2.94. The Kier molecular flexibility index (Phi) is 2.41. The van der Waals surface area contributed by atoms with Crippen molar-refractivity contribution in [2.75, 3.05) is 6.61 Å². The maximum absolute atomic E-state index is 10.4. The number of aliphatic hydroxyl groups is 1. The number of aliphatic hydroxyl groups excluding tert-OH is 1. The summed E-state index contributed by atoms with van der Waals surface area (Å²) < 4.78 is 5.56. The maximum atomic E-state index is 10.4. The van der Waals surface area contributed by atoms with Crippen LogP contribution in [0.15, 0.2) is 17.9 Å². The molecule has 1 heterocycles. The van der Waals surface area contributed by atoms with Gasteiger partial charge in [-0.25, -0.2) is 4.79 Å². The van der Waals surface area contributed by atoms with E-state index in [2.05, 4.69) is 6.07 Å². The first-order valence-corrected chi connectivity index (χ1v) is 6.00. The minimum Gasteiger partial charge on any atom is -0.502 e. The summed E-state index contributed by atoms with van der Waals surface area (Å²) in [5.41, 5.74) is 3.93. The summed E-state index contributed by atoms with van der Waals surface area (Å²) in [4.78, 5) is 10.4. The van der Waals surface area contributed by atoms with Crippen molar-refractivity contribution in [3.63, 3.8) is 0 Å². The van der Waals surface area contributed by atoms with E-state index >= 15 is 0 Å². The van der Waals surface area contributed by atoms with Crippen LogP contribution in [0.3, 0.4) is 0 Å². The molecule has 0 aromatic heterocycles. The number of benzene rings is 1. The van der Waals surface area contributed by atoms with E-state index < -0.39 is 0 Å². The highest BCUT2D eigenvalue weighted by Gasteiger charge is 2.30. The molecule has 0 unspecified atom stereocenters. The SMILES string of the molecule is O=C=C(O)C[C@@H]1CCc2ccc3c(c21)CCO3. The number of allylic oxidation sites excluding steroid dienone is 1. The van der Waals surface area contributed by atoms with Gasteiger partial charge >= 0.3 is 0 Å². The van der Waals surface area contributed by atoms with Crippen molar-refractivity contribution in [1.29, 1.82) is 0 Å². The lowest BCUT2D eigenvalue weighted by Gasteiger charge is -2.13. The van der Waals surface area contributed by atoms with Crippen molar-refractivity contribution in [2.45, 2.75) is 31.6 Å². The summed E-state index contributed by atoms with van der Waals surface area (Å²) in [6, 6.07) is 4.15. The second kappa shape index (κ2) is 3.94. The predicted octanol–water partition coefficient (Wildman–Crippen LogP) is 2.31. The third-order valence-electron chi connectivity index (χ3n) is 3.74. The van der Waals surface area contributed by atoms with Crippen LogP contribution in [0, 0.1) is 0 Å². The monoisotopic (exact) mass is 230 g/mol. The number of rotatable bonds is 2. The number of hydrogen-bond acceptors (Lipinski definition) is 3. The summed E-state index contributed by atoms with van der Waals surface area (Å²) in [7, 11) is 0. The first kappa shape index (κ1) is 10.4. The van der Waals surface area contributed by atoms with Gasteiger partial charge in [0.25, 0.3) is 0 Å². The van der Waals surface area contributed by atoms with Crippen molar-refractivity contribution in [1.82, 2.24) is 0 Å². The van der Waals surface area contributed by atoms with Gasteiger partial charge in [0.1, 0.15) is 5.75 Å². The molecule has 1 aromatic rings. The molecule has 0 fully saturated rings. The lowest BCUT2D eigenvalue weighted by molar-refractivity contribution is 0.357. The first-order valence-electron chi connectivity index (χ1n) is 6.00. The minimum absolute atomic E-state index is 0.167. The number of carbonyl (C=O) groups excluding carboxylic acids is 1. The zero-order valence-corrected chi connectivity index (χ0v) is 9.53. The molecule has 0 amide bonds. The largest absolute Gasteiger partial charge is 0.502 e. The highest BCUT2D eigenvalue weighted by Crippen LogP contribution is 2.43. The molecule has 1 aliphatic heterocycles. The second-order valence-corrected chi connectivity index (χ2v) is 4.70. The van der Waals surface area contributed by atoms with Crippen LogP contribution in [0.25, 0.3) is 0 Å². The molecule has 1 aromatic carbocycles. The summed E-state index contributed by atoms with van der Waals surface area (Å²) >= 11 is 0. The molecule has 0 bridgehead atoms. The van der Waals surface area contributed by atoms with Gasteiger partial charge in [-0.1, -0.05) is 6.07 Å². The van der Waals surface area contributed by atoms with Gasteiger partial charge in [-0.2, -0.15) is 0 Å². The molecule has 0 saturated carbocycles. The van der Waals surface area contributed by atoms with Gasteiger partial charge in [0.2, 0.25) is 0 Å². The van der Waals surface area contributed by atoms with Crippen LogP contribution < -0.4 is 4.74 Å². The first-order chi connectivity index (χ1) is 8.29. The van der Waals surface area contributed by atoms with Crippen LogP contribution >= 0.6 is 0 Å². The molecule has 1 atom stereocenters. The van der Waals surface area contributed by atoms with E-state index in [4.69, 9.17) is 4.74 Å². The Morgan fingerprint density at radius 3 is 3.18 bits per heavy atom. The van der Waals surface area contributed by atoms with E-state index in [-0.39, 0.29) is 11.7 Å². The van der Waals surface area contributed by atoms with Gasteiger partial charge in [-0.15, -0.1) is 0 Å². The molecule has 88 valence electrons. The summed E-state index contributed by atoms with van der Waals surface area (Å²) in [6.45, 7) is 0.744. The van der Waals surface area contributed by atoms with Gasteiger partial charge in [-0.3, -0.25) is 0 Å². The zero-order chi connectivity index (χ0) is 11.8. The van der Waals surface area contributed by atoms with Crippen LogP contribution in [0.5, 0.6) is 5.75 Å². The molecule has 0 radical (unpaired) electrons. The minimum atomic E-state index is -0.167. The summed E-state index contributed by atoms with van der Waals surface area (Å²) in [5, 5.41) is 9.35. The van der Waals surface area contributed by atoms with E-state index in [9.17, 15) is 9.90 Å². The molecule has 1 N–H and O–H groups in total. The summed E-state index contributed by atoms with van der Waals surface area (Å²) in [6.07, 6.45) is 3.38. The Balaban J connectivity index is 2.01. The topological polar surface area (TPSA) is 46.5 Å². The molecule has 0 saturated heterocycles. The lowest BCUT2D eigenvalue weighted by atomic mass is 9.91. The van der Waals surface area contributed by atoms with Crippen LogP contribution in [0.4, 0.5) is 0 Å². The van der Waals surface area contributed by atoms with E-state index in [1.165, 1.54) is 16.7 Å². The maximum Gasteiger partial charge on any atom is 0.177 e. The van der Waals surface area contributed by atoms with Crippen LogP contribution in [0.2, 0.25) is 0 Å². The molecule has 3 rings (SSSR count). The summed E-state index contributed by atoms with van der Waals surface area (Å²) in [5.74, 6) is 2.64. The molecular formula is C14H14O3. The number of ether oxygens (including phenoxy) is 1. The van der Waals surface area contributed by atoms with Crippen molar-refractivity contribution >= 4 is 5.94 Å². The molecular weight excluding hydrogens is 216 g/mol. The Hall–Kier alpha value is -1.73. The van der Waals surface area contributed by atoms with Gasteiger partial charge in [0.05, 0.1) is 6.61 Å². The van der Waals surface area contributed by atoms with E-state index in [0.717, 1.165) is 31.6 Å². The molecule has 1 aliphatic carbocycles. The fourth-order valence-corrected chi connectivity index (χ4v) is 3.03. The number of aryl methyl sites for hydroxylation is 1. The van der Waals surface area contributed by atoms with Crippen molar-refractivity contribution in [3.8, 4) is 5.75 Å². The van der Waals surface area contributed by atoms with Gasteiger partial charge in [0.15, 0.2) is 11.7 Å². The predicted molar refractivity (Wildman–Crippen MR) is 63.2 cm³/mol. The van der Waals surface area contributed by atoms with Gasteiger partial charge in [-0.05, 0) is 36.0 Å². The van der Waals surface area contributed by atoms with Crippen molar-refractivity contribution in [2.24, 2.45) is 0 Å². The van der Waals surface area contributed by atoms with Crippen LogP contribution in [-0.4, -0.2) is 17.7 Å². The third-order valence-corrected chi connectivity index (χ3v) is 3.74. The van der Waals surface area contributed by atoms with Gasteiger partial charge < -0.3 is 9.84 Å². The highest BCUT2D eigenvalue weighted by molar-refractivity contribution is 5.53. The van der Waals surface area contributed by atoms with E-state index in [1.54, 1.807) is 5.94 Å². The molecule has 3 heteroatoms. The Bertz CT molecular complexity index is 512. The normalized spacial score (nSPS) is 20.4. The fourth-order valence-electron chi connectivity index (χ4n) is 3.03.